The molecule has 1 heterocycles. The summed E-state index contributed by atoms with van der Waals surface area (Å²) in [4.78, 5) is 30.6. The van der Waals surface area contributed by atoms with Crippen LogP contribution < -0.4 is 19.7 Å². The van der Waals surface area contributed by atoms with Gasteiger partial charge in [0.15, 0.2) is 0 Å². The van der Waals surface area contributed by atoms with E-state index in [0.717, 1.165) is 50.5 Å². The molecule has 6 rings (SSSR count). The molecule has 0 aliphatic carbocycles. The van der Waals surface area contributed by atoms with Crippen molar-refractivity contribution < 1.29 is 24.2 Å². The van der Waals surface area contributed by atoms with E-state index in [0.29, 0.717) is 18.7 Å². The highest BCUT2D eigenvalue weighted by Gasteiger charge is 2.23. The van der Waals surface area contributed by atoms with E-state index in [2.05, 4.69) is 15.2 Å². The lowest BCUT2D eigenvalue weighted by Crippen LogP contribution is -2.42. The summed E-state index contributed by atoms with van der Waals surface area (Å²) in [5.41, 5.74) is 5.26. The van der Waals surface area contributed by atoms with Crippen LogP contribution in [0.2, 0.25) is 0 Å². The number of benzene rings is 5. The summed E-state index contributed by atoms with van der Waals surface area (Å²) in [6, 6.07) is 39.5. The van der Waals surface area contributed by atoms with Crippen LogP contribution >= 0.6 is 0 Å². The van der Waals surface area contributed by atoms with Gasteiger partial charge in [0.2, 0.25) is 0 Å². The summed E-state index contributed by atoms with van der Waals surface area (Å²) in [6.45, 7) is 1.21. The highest BCUT2D eigenvalue weighted by atomic mass is 16.5. The van der Waals surface area contributed by atoms with Gasteiger partial charge in [0.05, 0.1) is 7.11 Å². The molecule has 6 aromatic rings. The van der Waals surface area contributed by atoms with Crippen LogP contribution in [-0.2, 0) is 24.3 Å². The number of aromatic nitrogens is 1. The van der Waals surface area contributed by atoms with Crippen LogP contribution in [0.3, 0.4) is 0 Å². The number of ether oxygens (including phenoxy) is 2. The lowest BCUT2D eigenvalue weighted by Gasteiger charge is -2.26. The number of nitrogens with zero attached hydrogens (tertiary/aromatic N) is 1. The normalized spacial score (nSPS) is 11.5. The van der Waals surface area contributed by atoms with Gasteiger partial charge in [-0.1, -0.05) is 60.7 Å². The number of carboxylic acid groups (broad SMARTS) is 1. The number of rotatable bonds is 13. The number of carboxylic acids is 1. The summed E-state index contributed by atoms with van der Waals surface area (Å²) in [7, 11) is 1.65. The Hall–Kier alpha value is -6.02. The average Bonchev–Trinajstić information content (AvgIpc) is 3.51. The molecule has 0 aliphatic rings. The molecule has 8 nitrogen and oxygen atoms in total. The van der Waals surface area contributed by atoms with E-state index in [4.69, 9.17) is 9.47 Å². The lowest BCUT2D eigenvalue weighted by atomic mass is 10.0. The molecule has 0 fully saturated rings. The number of fused-ring (bicyclic) bond motifs is 1. The SMILES string of the molecule is COc1ccc(CN(Cc2ccc(C(=O)NC(Cc3c[nH]c4ccccc34)C(=O)O)cc2)c2ccc(Oc3ccccc3)cc2)cc1. The van der Waals surface area contributed by atoms with Gasteiger partial charge in [-0.15, -0.1) is 0 Å². The van der Waals surface area contributed by atoms with Crippen molar-refractivity contribution >= 4 is 28.5 Å². The summed E-state index contributed by atoms with van der Waals surface area (Å²) in [5.74, 6) is 0.779. The lowest BCUT2D eigenvalue weighted by molar-refractivity contribution is -0.139. The number of nitrogens with one attached hydrogen (secondary N) is 2. The number of carbonyl (C=O) groups excluding carboxylic acids is 1. The molecule has 1 unspecified atom stereocenters. The molecule has 47 heavy (non-hydrogen) atoms. The molecular formula is C39H35N3O5. The maximum absolute atomic E-state index is 13.1. The Morgan fingerprint density at radius 2 is 1.34 bits per heavy atom. The van der Waals surface area contributed by atoms with Crippen molar-refractivity contribution in [3.05, 3.63) is 156 Å². The van der Waals surface area contributed by atoms with Gasteiger partial charge < -0.3 is 29.8 Å². The Morgan fingerprint density at radius 1 is 0.745 bits per heavy atom. The van der Waals surface area contributed by atoms with Gasteiger partial charge in [0, 0.05) is 47.9 Å². The fourth-order valence-corrected chi connectivity index (χ4v) is 5.48. The molecule has 1 aromatic heterocycles. The van der Waals surface area contributed by atoms with Crippen molar-refractivity contribution in [1.82, 2.24) is 10.3 Å². The largest absolute Gasteiger partial charge is 0.497 e. The van der Waals surface area contributed by atoms with Crippen molar-refractivity contribution in [2.45, 2.75) is 25.6 Å². The number of carbonyl (C=O) groups is 2. The van der Waals surface area contributed by atoms with E-state index in [9.17, 15) is 14.7 Å². The fourth-order valence-electron chi connectivity index (χ4n) is 5.48. The van der Waals surface area contributed by atoms with Gasteiger partial charge in [-0.3, -0.25) is 4.79 Å². The van der Waals surface area contributed by atoms with Gasteiger partial charge in [-0.05, 0) is 83.4 Å². The summed E-state index contributed by atoms with van der Waals surface area (Å²) in [6.07, 6.45) is 1.96. The number of H-pyrrole nitrogens is 1. The first-order chi connectivity index (χ1) is 22.9. The van der Waals surface area contributed by atoms with Gasteiger partial charge in [0.1, 0.15) is 23.3 Å². The Balaban J connectivity index is 1.16. The van der Waals surface area contributed by atoms with E-state index in [-0.39, 0.29) is 6.42 Å². The van der Waals surface area contributed by atoms with Crippen LogP contribution in [0.1, 0.15) is 27.0 Å². The van der Waals surface area contributed by atoms with E-state index < -0.39 is 17.9 Å². The average molecular weight is 626 g/mol. The molecule has 0 saturated heterocycles. The number of aromatic amines is 1. The molecule has 236 valence electrons. The number of para-hydroxylation sites is 2. The van der Waals surface area contributed by atoms with E-state index in [1.165, 1.54) is 0 Å². The molecule has 0 bridgehead atoms. The Bertz CT molecular complexity index is 1940. The maximum atomic E-state index is 13.1. The predicted octanol–water partition coefficient (Wildman–Crippen LogP) is 7.60. The summed E-state index contributed by atoms with van der Waals surface area (Å²) >= 11 is 0. The first-order valence-corrected chi connectivity index (χ1v) is 15.3. The second-order valence-corrected chi connectivity index (χ2v) is 11.2. The van der Waals surface area contributed by atoms with Gasteiger partial charge in [-0.2, -0.15) is 0 Å². The van der Waals surface area contributed by atoms with Crippen molar-refractivity contribution in [2.75, 3.05) is 12.0 Å². The summed E-state index contributed by atoms with van der Waals surface area (Å²) in [5, 5.41) is 13.5. The number of anilines is 1. The second kappa shape index (κ2) is 14.4. The minimum absolute atomic E-state index is 0.165. The molecule has 0 radical (unpaired) electrons. The van der Waals surface area contributed by atoms with Crippen LogP contribution in [0.5, 0.6) is 17.2 Å². The van der Waals surface area contributed by atoms with Crippen LogP contribution in [-0.4, -0.2) is 35.1 Å². The number of methoxy groups -OCH3 is 1. The predicted molar refractivity (Wildman–Crippen MR) is 183 cm³/mol. The first-order valence-electron chi connectivity index (χ1n) is 15.3. The standard InChI is InChI=1S/C39H35N3O5/c1-46-32-19-13-28(14-20-32)26-42(31-17-21-34(22-18-31)47-33-7-3-2-4-8-33)25-27-11-15-29(16-12-27)38(43)41-37(39(44)45)23-30-24-40-36-10-6-5-9-35(30)36/h2-22,24,37,40H,23,25-26H2,1H3,(H,41,43)(H,44,45). The smallest absolute Gasteiger partial charge is 0.326 e. The molecule has 1 amide bonds. The minimum Gasteiger partial charge on any atom is -0.497 e. The van der Waals surface area contributed by atoms with Gasteiger partial charge in [0.25, 0.3) is 5.91 Å². The van der Waals surface area contributed by atoms with Crippen molar-refractivity contribution in [3.63, 3.8) is 0 Å². The van der Waals surface area contributed by atoms with E-state index in [1.54, 1.807) is 25.4 Å². The highest BCUT2D eigenvalue weighted by molar-refractivity contribution is 5.97. The van der Waals surface area contributed by atoms with E-state index in [1.807, 2.05) is 115 Å². The maximum Gasteiger partial charge on any atom is 0.326 e. The van der Waals surface area contributed by atoms with Crippen LogP contribution in [0.25, 0.3) is 10.9 Å². The number of aliphatic carboxylic acids is 1. The molecule has 0 spiro atoms. The molecular weight excluding hydrogens is 590 g/mol. The van der Waals surface area contributed by atoms with Crippen LogP contribution in [0, 0.1) is 0 Å². The minimum atomic E-state index is -1.09. The second-order valence-electron chi connectivity index (χ2n) is 11.2. The van der Waals surface area contributed by atoms with Crippen LogP contribution in [0.4, 0.5) is 5.69 Å². The molecule has 1 atom stereocenters. The molecule has 5 aromatic carbocycles. The fraction of sp³-hybridized carbons (Fsp3) is 0.128. The number of hydrogen-bond acceptors (Lipinski definition) is 5. The number of amides is 1. The molecule has 8 heteroatoms. The number of hydrogen-bond donors (Lipinski definition) is 3. The van der Waals surface area contributed by atoms with Crippen LogP contribution in [0.15, 0.2) is 134 Å². The topological polar surface area (TPSA) is 104 Å². The third-order valence-electron chi connectivity index (χ3n) is 8.01. The molecule has 0 saturated carbocycles. The highest BCUT2D eigenvalue weighted by Crippen LogP contribution is 2.27. The zero-order valence-electron chi connectivity index (χ0n) is 25.9. The van der Waals surface area contributed by atoms with Gasteiger partial charge >= 0.3 is 5.97 Å². The van der Waals surface area contributed by atoms with Crippen molar-refractivity contribution in [1.29, 1.82) is 0 Å². The van der Waals surface area contributed by atoms with Crippen molar-refractivity contribution in [3.8, 4) is 17.2 Å². The zero-order chi connectivity index (χ0) is 32.6. The molecule has 0 aliphatic heterocycles. The van der Waals surface area contributed by atoms with E-state index >= 15 is 0 Å². The van der Waals surface area contributed by atoms with Crippen molar-refractivity contribution in [2.24, 2.45) is 0 Å². The Morgan fingerprint density at radius 3 is 2.00 bits per heavy atom. The van der Waals surface area contributed by atoms with Gasteiger partial charge in [-0.25, -0.2) is 4.79 Å². The monoisotopic (exact) mass is 625 g/mol. The zero-order valence-corrected chi connectivity index (χ0v) is 25.9. The Kier molecular flexibility index (Phi) is 9.48. The third kappa shape index (κ3) is 7.80. The summed E-state index contributed by atoms with van der Waals surface area (Å²) < 4.78 is 11.3. The molecule has 3 N–H and O–H groups in total. The third-order valence-corrected chi connectivity index (χ3v) is 8.01. The Labute approximate surface area is 273 Å². The quantitative estimate of drug-likeness (QED) is 0.122. The first kappa shape index (κ1) is 31.0.